The van der Waals surface area contributed by atoms with Gasteiger partial charge in [0.2, 0.25) is 0 Å². The van der Waals surface area contributed by atoms with Gasteiger partial charge in [-0.3, -0.25) is 10.1 Å². The maximum Gasteiger partial charge on any atom is 0.269 e. The summed E-state index contributed by atoms with van der Waals surface area (Å²) in [4.78, 5) is 22.9. The average Bonchev–Trinajstić information content (AvgIpc) is 2.62. The number of nitro benzene ring substituents is 1. The summed E-state index contributed by atoms with van der Waals surface area (Å²) in [5.41, 5.74) is 0.926. The molecule has 0 N–H and O–H groups in total. The van der Waals surface area contributed by atoms with Crippen molar-refractivity contribution in [3.8, 4) is 0 Å². The Morgan fingerprint density at radius 3 is 2.58 bits per heavy atom. The molecule has 0 radical (unpaired) electrons. The molecule has 1 aromatic rings. The first-order valence-electron chi connectivity index (χ1n) is 8.99. The van der Waals surface area contributed by atoms with Crippen LogP contribution in [0.2, 0.25) is 0 Å². The van der Waals surface area contributed by atoms with Gasteiger partial charge in [-0.05, 0) is 32.4 Å². The van der Waals surface area contributed by atoms with Crippen LogP contribution < -0.4 is 4.90 Å². The molecule has 8 nitrogen and oxygen atoms in total. The maximum atomic E-state index is 10.8. The second-order valence-electron chi connectivity index (χ2n) is 6.39. The standard InChI is InChI=1S/C18H28N2O6/c1-5-16(26-23-6-2)17-11-13(3)24-18(25-17)12-19(4)14-7-9-15(10-8-14)20(21)22/h7-10,13,16-18H,5-6,11-12H2,1-4H3. The Kier molecular flexibility index (Phi) is 7.77. The summed E-state index contributed by atoms with van der Waals surface area (Å²) in [6.45, 7) is 6.92. The van der Waals surface area contributed by atoms with Gasteiger partial charge < -0.3 is 14.4 Å². The van der Waals surface area contributed by atoms with E-state index >= 15 is 0 Å². The van der Waals surface area contributed by atoms with E-state index in [0.29, 0.717) is 13.2 Å². The van der Waals surface area contributed by atoms with E-state index in [4.69, 9.17) is 19.2 Å². The van der Waals surface area contributed by atoms with Gasteiger partial charge in [0.05, 0.1) is 30.3 Å². The van der Waals surface area contributed by atoms with Gasteiger partial charge in [0, 0.05) is 31.3 Å². The van der Waals surface area contributed by atoms with E-state index in [9.17, 15) is 10.1 Å². The molecule has 1 aliphatic heterocycles. The second kappa shape index (κ2) is 9.82. The number of hydrogen-bond donors (Lipinski definition) is 0. The first kappa shape index (κ1) is 20.6. The third-order valence-corrected chi connectivity index (χ3v) is 4.33. The van der Waals surface area contributed by atoms with Crippen LogP contribution in [-0.4, -0.2) is 49.7 Å². The Labute approximate surface area is 154 Å². The smallest absolute Gasteiger partial charge is 0.269 e. The Bertz CT molecular complexity index is 567. The van der Waals surface area contributed by atoms with Gasteiger partial charge in [-0.25, -0.2) is 9.78 Å². The molecule has 0 aliphatic carbocycles. The summed E-state index contributed by atoms with van der Waals surface area (Å²) in [5.74, 6) is 0. The highest BCUT2D eigenvalue weighted by atomic mass is 17.2. The summed E-state index contributed by atoms with van der Waals surface area (Å²) in [5, 5.41) is 10.8. The Morgan fingerprint density at radius 2 is 2.00 bits per heavy atom. The Morgan fingerprint density at radius 1 is 1.31 bits per heavy atom. The monoisotopic (exact) mass is 368 g/mol. The fourth-order valence-electron chi connectivity index (χ4n) is 2.96. The van der Waals surface area contributed by atoms with Crippen molar-refractivity contribution in [1.82, 2.24) is 0 Å². The van der Waals surface area contributed by atoms with Crippen LogP contribution in [-0.2, 0) is 19.2 Å². The second-order valence-corrected chi connectivity index (χ2v) is 6.39. The molecule has 0 bridgehead atoms. The fraction of sp³-hybridized carbons (Fsp3) is 0.667. The number of non-ortho nitro benzene ring substituents is 1. The predicted octanol–water partition coefficient (Wildman–Crippen LogP) is 3.30. The van der Waals surface area contributed by atoms with Crippen LogP contribution in [0.5, 0.6) is 0 Å². The van der Waals surface area contributed by atoms with E-state index in [1.54, 1.807) is 12.1 Å². The van der Waals surface area contributed by atoms with Crippen LogP contribution in [0.3, 0.4) is 0 Å². The lowest BCUT2D eigenvalue weighted by molar-refractivity contribution is -0.384. The summed E-state index contributed by atoms with van der Waals surface area (Å²) >= 11 is 0. The van der Waals surface area contributed by atoms with Gasteiger partial charge in [-0.1, -0.05) is 6.92 Å². The molecular formula is C18H28N2O6. The summed E-state index contributed by atoms with van der Waals surface area (Å²) in [6, 6.07) is 6.41. The van der Waals surface area contributed by atoms with Crippen molar-refractivity contribution in [2.24, 2.45) is 0 Å². The number of ether oxygens (including phenoxy) is 2. The van der Waals surface area contributed by atoms with E-state index in [1.807, 2.05) is 32.7 Å². The molecule has 8 heteroatoms. The van der Waals surface area contributed by atoms with Crippen molar-refractivity contribution in [2.45, 2.75) is 58.2 Å². The van der Waals surface area contributed by atoms with Crippen molar-refractivity contribution in [1.29, 1.82) is 0 Å². The van der Waals surface area contributed by atoms with Crippen LogP contribution in [0, 0.1) is 10.1 Å². The van der Waals surface area contributed by atoms with Crippen LogP contribution >= 0.6 is 0 Å². The van der Waals surface area contributed by atoms with Gasteiger partial charge in [0.25, 0.3) is 5.69 Å². The summed E-state index contributed by atoms with van der Waals surface area (Å²) in [7, 11) is 1.90. The lowest BCUT2D eigenvalue weighted by atomic mass is 10.0. The molecule has 1 heterocycles. The summed E-state index contributed by atoms with van der Waals surface area (Å²) < 4.78 is 12.0. The predicted molar refractivity (Wildman–Crippen MR) is 97.0 cm³/mol. The van der Waals surface area contributed by atoms with E-state index in [1.165, 1.54) is 12.1 Å². The molecule has 4 atom stereocenters. The van der Waals surface area contributed by atoms with Gasteiger partial charge in [0.15, 0.2) is 6.29 Å². The molecule has 1 aromatic carbocycles. The van der Waals surface area contributed by atoms with Crippen molar-refractivity contribution >= 4 is 11.4 Å². The first-order chi connectivity index (χ1) is 12.4. The summed E-state index contributed by atoms with van der Waals surface area (Å²) in [6.07, 6.45) is 0.900. The molecule has 2 rings (SSSR count). The highest BCUT2D eigenvalue weighted by Gasteiger charge is 2.34. The van der Waals surface area contributed by atoms with E-state index < -0.39 is 11.2 Å². The highest BCUT2D eigenvalue weighted by molar-refractivity contribution is 5.50. The number of rotatable bonds is 9. The molecule has 1 aliphatic rings. The largest absolute Gasteiger partial charge is 0.369 e. The van der Waals surface area contributed by atoms with E-state index in [0.717, 1.165) is 18.5 Å². The zero-order chi connectivity index (χ0) is 19.1. The molecule has 1 fully saturated rings. The Hall–Kier alpha value is -1.74. The third kappa shape index (κ3) is 5.63. The lowest BCUT2D eigenvalue weighted by Crippen LogP contribution is -2.47. The van der Waals surface area contributed by atoms with Crippen LogP contribution in [0.25, 0.3) is 0 Å². The van der Waals surface area contributed by atoms with E-state index in [-0.39, 0.29) is 24.0 Å². The van der Waals surface area contributed by atoms with Crippen molar-refractivity contribution < 1.29 is 24.2 Å². The fourth-order valence-corrected chi connectivity index (χ4v) is 2.96. The highest BCUT2D eigenvalue weighted by Crippen LogP contribution is 2.26. The topological polar surface area (TPSA) is 83.3 Å². The molecule has 0 saturated carbocycles. The molecule has 0 amide bonds. The molecule has 0 spiro atoms. The molecule has 1 saturated heterocycles. The zero-order valence-corrected chi connectivity index (χ0v) is 15.8. The number of nitro groups is 1. The number of anilines is 1. The lowest BCUT2D eigenvalue weighted by Gasteiger charge is -2.38. The van der Waals surface area contributed by atoms with Crippen LogP contribution in [0.1, 0.15) is 33.6 Å². The van der Waals surface area contributed by atoms with Crippen molar-refractivity contribution in [2.75, 3.05) is 25.1 Å². The first-order valence-corrected chi connectivity index (χ1v) is 8.99. The normalized spacial score (nSPS) is 24.2. The van der Waals surface area contributed by atoms with Gasteiger partial charge in [0.1, 0.15) is 6.10 Å². The minimum atomic E-state index is -0.414. The molecule has 0 aromatic heterocycles. The average molecular weight is 368 g/mol. The van der Waals surface area contributed by atoms with Gasteiger partial charge in [-0.15, -0.1) is 0 Å². The minimum Gasteiger partial charge on any atom is -0.369 e. The Balaban J connectivity index is 1.97. The minimum absolute atomic E-state index is 0.0447. The number of nitrogens with zero attached hydrogens (tertiary/aromatic N) is 2. The zero-order valence-electron chi connectivity index (χ0n) is 15.8. The molecular weight excluding hydrogens is 340 g/mol. The maximum absolute atomic E-state index is 10.8. The van der Waals surface area contributed by atoms with Gasteiger partial charge in [-0.2, -0.15) is 0 Å². The van der Waals surface area contributed by atoms with E-state index in [2.05, 4.69) is 0 Å². The van der Waals surface area contributed by atoms with Crippen LogP contribution in [0.4, 0.5) is 11.4 Å². The number of likely N-dealkylation sites (N-methyl/N-ethyl adjacent to an activating group) is 1. The molecule has 146 valence electrons. The van der Waals surface area contributed by atoms with Crippen LogP contribution in [0.15, 0.2) is 24.3 Å². The number of hydrogen-bond acceptors (Lipinski definition) is 7. The van der Waals surface area contributed by atoms with Gasteiger partial charge >= 0.3 is 0 Å². The SMILES string of the molecule is CCOOC(CC)C1CC(C)OC(CN(C)c2ccc([N+](=O)[O-])cc2)O1. The molecule has 26 heavy (non-hydrogen) atoms. The van der Waals surface area contributed by atoms with Crippen molar-refractivity contribution in [3.05, 3.63) is 34.4 Å². The van der Waals surface area contributed by atoms with Crippen molar-refractivity contribution in [3.63, 3.8) is 0 Å². The quantitative estimate of drug-likeness (QED) is 0.376. The third-order valence-electron chi connectivity index (χ3n) is 4.33. The number of benzene rings is 1. The molecule has 4 unspecified atom stereocenters.